The number of ether oxygens (including phenoxy) is 1. The van der Waals surface area contributed by atoms with Crippen molar-refractivity contribution >= 4 is 6.09 Å². The van der Waals surface area contributed by atoms with Gasteiger partial charge in [-0.05, 0) is 46.5 Å². The summed E-state index contributed by atoms with van der Waals surface area (Å²) in [6.45, 7) is 6.17. The summed E-state index contributed by atoms with van der Waals surface area (Å²) in [6.07, 6.45) is 3.42. The zero-order valence-electron chi connectivity index (χ0n) is 11.6. The molecular formula is C13H25N3O2. The van der Waals surface area contributed by atoms with Crippen molar-refractivity contribution in [1.82, 2.24) is 4.90 Å². The molecule has 5 nitrogen and oxygen atoms in total. The summed E-state index contributed by atoms with van der Waals surface area (Å²) in [5, 5.41) is 0. The molecule has 104 valence electrons. The zero-order valence-corrected chi connectivity index (χ0v) is 11.6. The maximum atomic E-state index is 12.2. The van der Waals surface area contributed by atoms with Crippen LogP contribution in [-0.4, -0.2) is 40.8 Å². The molecule has 0 aromatic heterocycles. The van der Waals surface area contributed by atoms with Gasteiger partial charge in [0.1, 0.15) is 5.60 Å². The number of piperidine rings is 1. The van der Waals surface area contributed by atoms with Gasteiger partial charge in [-0.1, -0.05) is 0 Å². The van der Waals surface area contributed by atoms with Gasteiger partial charge >= 0.3 is 6.09 Å². The van der Waals surface area contributed by atoms with Crippen molar-refractivity contribution in [2.24, 2.45) is 11.5 Å². The van der Waals surface area contributed by atoms with Crippen LogP contribution in [0.25, 0.3) is 0 Å². The first-order valence-electron chi connectivity index (χ1n) is 6.74. The molecule has 2 unspecified atom stereocenters. The van der Waals surface area contributed by atoms with Gasteiger partial charge in [0, 0.05) is 24.2 Å². The van der Waals surface area contributed by atoms with Gasteiger partial charge in [-0.15, -0.1) is 0 Å². The Bertz CT molecular complexity index is 324. The number of hydrogen-bond donors (Lipinski definition) is 2. The first kappa shape index (κ1) is 13.6. The Morgan fingerprint density at radius 2 is 1.83 bits per heavy atom. The number of carbonyl (C=O) groups excluding carboxylic acids is 1. The number of amides is 1. The predicted molar refractivity (Wildman–Crippen MR) is 70.1 cm³/mol. The maximum Gasteiger partial charge on any atom is 0.410 e. The smallest absolute Gasteiger partial charge is 0.410 e. The van der Waals surface area contributed by atoms with Gasteiger partial charge in [0.15, 0.2) is 0 Å². The third-order valence-electron chi connectivity index (χ3n) is 3.92. The third-order valence-corrected chi connectivity index (χ3v) is 3.92. The summed E-state index contributed by atoms with van der Waals surface area (Å²) in [5.41, 5.74) is 11.3. The molecule has 0 saturated carbocycles. The second kappa shape index (κ2) is 4.38. The molecule has 2 bridgehead atoms. The highest BCUT2D eigenvalue weighted by atomic mass is 16.6. The van der Waals surface area contributed by atoms with Crippen LogP contribution in [0.1, 0.15) is 46.5 Å². The van der Waals surface area contributed by atoms with Gasteiger partial charge in [-0.3, -0.25) is 0 Å². The molecule has 2 heterocycles. The van der Waals surface area contributed by atoms with Crippen molar-refractivity contribution in [3.63, 3.8) is 0 Å². The lowest BCUT2D eigenvalue weighted by Gasteiger charge is -2.44. The first-order chi connectivity index (χ1) is 8.24. The largest absolute Gasteiger partial charge is 0.444 e. The molecule has 0 radical (unpaired) electrons. The lowest BCUT2D eigenvalue weighted by molar-refractivity contribution is 0.0000700. The molecular weight excluding hydrogens is 230 g/mol. The average molecular weight is 255 g/mol. The highest BCUT2D eigenvalue weighted by molar-refractivity contribution is 5.69. The van der Waals surface area contributed by atoms with Crippen LogP contribution in [0.15, 0.2) is 0 Å². The van der Waals surface area contributed by atoms with Crippen LogP contribution in [0.2, 0.25) is 0 Å². The van der Waals surface area contributed by atoms with Crippen LogP contribution in [-0.2, 0) is 4.74 Å². The summed E-state index contributed by atoms with van der Waals surface area (Å²) >= 11 is 0. The fourth-order valence-electron chi connectivity index (χ4n) is 3.16. The fraction of sp³-hybridized carbons (Fsp3) is 0.923. The quantitative estimate of drug-likeness (QED) is 0.737. The lowest BCUT2D eigenvalue weighted by Crippen LogP contribution is -2.60. The van der Waals surface area contributed by atoms with Crippen molar-refractivity contribution in [2.75, 3.05) is 6.54 Å². The van der Waals surface area contributed by atoms with Crippen molar-refractivity contribution in [3.8, 4) is 0 Å². The van der Waals surface area contributed by atoms with E-state index < -0.39 is 5.60 Å². The molecule has 5 heteroatoms. The maximum absolute atomic E-state index is 12.2. The highest BCUT2D eigenvalue weighted by Crippen LogP contribution is 2.40. The SMILES string of the molecule is CC(C)(C)OC(=O)N1C2CCC1CC(N)(CN)C2. The standard InChI is InChI=1S/C13H25N3O2/c1-12(2,3)18-11(17)16-9-4-5-10(16)7-13(15,6-9)8-14/h9-10H,4-8,14-15H2,1-3H3. The molecule has 0 aromatic rings. The summed E-state index contributed by atoms with van der Waals surface area (Å²) in [7, 11) is 0. The third kappa shape index (κ3) is 2.62. The molecule has 2 fully saturated rings. The normalized spacial score (nSPS) is 35.7. The Morgan fingerprint density at radius 3 is 2.22 bits per heavy atom. The average Bonchev–Trinajstić information content (AvgIpc) is 2.50. The second-order valence-corrected chi connectivity index (χ2v) is 6.75. The van der Waals surface area contributed by atoms with E-state index >= 15 is 0 Å². The molecule has 2 rings (SSSR count). The second-order valence-electron chi connectivity index (χ2n) is 6.75. The summed E-state index contributed by atoms with van der Waals surface area (Å²) in [5.74, 6) is 0. The molecule has 0 spiro atoms. The Kier molecular flexibility index (Phi) is 3.32. The summed E-state index contributed by atoms with van der Waals surface area (Å²) in [4.78, 5) is 14.1. The van der Waals surface area contributed by atoms with Crippen LogP contribution in [0.4, 0.5) is 4.79 Å². The monoisotopic (exact) mass is 255 g/mol. The molecule has 2 aliphatic rings. The van der Waals surface area contributed by atoms with Crippen LogP contribution in [0.3, 0.4) is 0 Å². The van der Waals surface area contributed by atoms with Crippen molar-refractivity contribution in [3.05, 3.63) is 0 Å². The molecule has 1 amide bonds. The van der Waals surface area contributed by atoms with E-state index in [1.165, 1.54) is 0 Å². The predicted octanol–water partition coefficient (Wildman–Crippen LogP) is 1.20. The highest BCUT2D eigenvalue weighted by Gasteiger charge is 2.48. The van der Waals surface area contributed by atoms with Gasteiger partial charge in [0.25, 0.3) is 0 Å². The molecule has 2 saturated heterocycles. The van der Waals surface area contributed by atoms with Gasteiger partial charge < -0.3 is 21.1 Å². The van der Waals surface area contributed by atoms with E-state index in [0.717, 1.165) is 25.7 Å². The van der Waals surface area contributed by atoms with E-state index in [2.05, 4.69) is 0 Å². The van der Waals surface area contributed by atoms with E-state index in [-0.39, 0.29) is 23.7 Å². The van der Waals surface area contributed by atoms with E-state index in [0.29, 0.717) is 6.54 Å². The Labute approximate surface area is 109 Å². The summed E-state index contributed by atoms with van der Waals surface area (Å²) in [6, 6.07) is 0.402. The molecule has 4 N–H and O–H groups in total. The van der Waals surface area contributed by atoms with Gasteiger partial charge in [-0.25, -0.2) is 4.79 Å². The van der Waals surface area contributed by atoms with E-state index in [9.17, 15) is 4.79 Å². The molecule has 0 aliphatic carbocycles. The fourth-order valence-corrected chi connectivity index (χ4v) is 3.16. The number of fused-ring (bicyclic) bond motifs is 2. The van der Waals surface area contributed by atoms with E-state index in [4.69, 9.17) is 16.2 Å². The van der Waals surface area contributed by atoms with Gasteiger partial charge in [-0.2, -0.15) is 0 Å². The van der Waals surface area contributed by atoms with Crippen molar-refractivity contribution in [2.45, 2.75) is 69.7 Å². The molecule has 2 aliphatic heterocycles. The van der Waals surface area contributed by atoms with Crippen LogP contribution >= 0.6 is 0 Å². The Morgan fingerprint density at radius 1 is 1.33 bits per heavy atom. The van der Waals surface area contributed by atoms with Crippen LogP contribution in [0, 0.1) is 0 Å². The lowest BCUT2D eigenvalue weighted by atomic mass is 9.84. The topological polar surface area (TPSA) is 81.6 Å². The first-order valence-corrected chi connectivity index (χ1v) is 6.74. The van der Waals surface area contributed by atoms with Gasteiger partial charge in [0.05, 0.1) is 0 Å². The minimum absolute atomic E-state index is 0.200. The Hall–Kier alpha value is -0.810. The van der Waals surface area contributed by atoms with Crippen molar-refractivity contribution < 1.29 is 9.53 Å². The number of nitrogens with two attached hydrogens (primary N) is 2. The number of carbonyl (C=O) groups is 1. The summed E-state index contributed by atoms with van der Waals surface area (Å²) < 4.78 is 5.47. The molecule has 2 atom stereocenters. The van der Waals surface area contributed by atoms with E-state index in [1.807, 2.05) is 25.7 Å². The minimum atomic E-state index is -0.443. The number of nitrogens with zero attached hydrogens (tertiary/aromatic N) is 1. The van der Waals surface area contributed by atoms with Crippen molar-refractivity contribution in [1.29, 1.82) is 0 Å². The van der Waals surface area contributed by atoms with E-state index in [1.54, 1.807) is 0 Å². The molecule has 0 aromatic carbocycles. The number of rotatable bonds is 1. The van der Waals surface area contributed by atoms with Crippen LogP contribution in [0.5, 0.6) is 0 Å². The minimum Gasteiger partial charge on any atom is -0.444 e. The molecule has 18 heavy (non-hydrogen) atoms. The Balaban J connectivity index is 2.07. The van der Waals surface area contributed by atoms with Gasteiger partial charge in [0.2, 0.25) is 0 Å². The van der Waals surface area contributed by atoms with Crippen LogP contribution < -0.4 is 11.5 Å². The number of hydrogen-bond acceptors (Lipinski definition) is 4. The zero-order chi connectivity index (χ0) is 13.6.